The molecule has 4 aromatic carbocycles. The Morgan fingerprint density at radius 2 is 1.67 bits per heavy atom. The molecule has 5 rings (SSSR count). The topological polar surface area (TPSA) is 140 Å². The van der Waals surface area contributed by atoms with Crippen molar-refractivity contribution < 1.29 is 19.4 Å². The second-order valence-corrected chi connectivity index (χ2v) is 11.7. The summed E-state index contributed by atoms with van der Waals surface area (Å²) in [4.78, 5) is 34.4. The minimum Gasteiger partial charge on any atom is -0.491 e. The Balaban J connectivity index is 1.20. The van der Waals surface area contributed by atoms with Crippen LogP contribution >= 0.6 is 0 Å². The number of carbonyl (C=O) groups is 2. The van der Waals surface area contributed by atoms with E-state index in [1.54, 1.807) is 24.5 Å². The van der Waals surface area contributed by atoms with E-state index in [0.717, 1.165) is 39.0 Å². The molecular weight excluding hydrogens is 604 g/mol. The van der Waals surface area contributed by atoms with Crippen LogP contribution in [0.15, 0.2) is 103 Å². The van der Waals surface area contributed by atoms with Crippen LogP contribution in [0.25, 0.3) is 10.8 Å². The van der Waals surface area contributed by atoms with Gasteiger partial charge in [0.15, 0.2) is 0 Å². The zero-order chi connectivity index (χ0) is 33.6. The van der Waals surface area contributed by atoms with E-state index in [9.17, 15) is 9.59 Å². The highest BCUT2D eigenvalue weighted by Gasteiger charge is 2.23. The van der Waals surface area contributed by atoms with Crippen LogP contribution in [0.2, 0.25) is 0 Å². The maximum Gasteiger partial charge on any atom is 0.251 e. The minimum absolute atomic E-state index is 0.0517. The third-order valence-corrected chi connectivity index (χ3v) is 8.15. The number of para-hydroxylation sites is 1. The predicted octanol–water partition coefficient (Wildman–Crippen LogP) is 4.77. The van der Waals surface area contributed by atoms with Crippen LogP contribution < -0.4 is 26.0 Å². The molecule has 250 valence electrons. The van der Waals surface area contributed by atoms with E-state index in [4.69, 9.17) is 9.84 Å². The van der Waals surface area contributed by atoms with Crippen LogP contribution in [0.4, 0.5) is 0 Å². The van der Waals surface area contributed by atoms with E-state index in [1.807, 2.05) is 67.6 Å². The third kappa shape index (κ3) is 9.74. The Hall–Kier alpha value is -5.03. The predicted molar refractivity (Wildman–Crippen MR) is 187 cm³/mol. The normalized spacial score (nSPS) is 12.4. The molecule has 10 heteroatoms. The van der Waals surface area contributed by atoms with Crippen LogP contribution in [0.5, 0.6) is 5.75 Å². The van der Waals surface area contributed by atoms with Crippen LogP contribution in [0.3, 0.4) is 0 Å². The number of ether oxygens (including phenoxy) is 1. The molecule has 1 heterocycles. The van der Waals surface area contributed by atoms with E-state index >= 15 is 0 Å². The molecule has 0 aliphatic rings. The lowest BCUT2D eigenvalue weighted by Gasteiger charge is -2.23. The number of aliphatic hydroxyl groups is 1. The number of nitrogens with zero attached hydrogens (tertiary/aromatic N) is 1. The standard InChI is InChI=1S/C38H44N6O4/c1-27(32-12-6-10-29-8-2-4-11-33(29)32)43-38(47)34(13-7-19-39-25-31-9-3-5-14-35(31)48-23-22-45)44-37(46)30-17-15-28(16-18-30)24-40-26-36-41-20-21-42-36/h2-6,8-12,14-18,20-21,27,34,39-40,45H,7,13,19,22-26H2,1H3,(H,41,42)(H,43,47)(H,44,46)/t27-,34-/m0/s1. The first kappa shape index (κ1) is 34.3. The number of carbonyl (C=O) groups excluding carboxylic acids is 2. The van der Waals surface area contributed by atoms with Gasteiger partial charge >= 0.3 is 0 Å². The lowest BCUT2D eigenvalue weighted by Crippen LogP contribution is -2.47. The highest BCUT2D eigenvalue weighted by molar-refractivity contribution is 5.97. The number of imidazole rings is 1. The highest BCUT2D eigenvalue weighted by atomic mass is 16.5. The van der Waals surface area contributed by atoms with Crippen molar-refractivity contribution in [1.29, 1.82) is 0 Å². The summed E-state index contributed by atoms with van der Waals surface area (Å²) in [5.41, 5.74) is 3.52. The summed E-state index contributed by atoms with van der Waals surface area (Å²) >= 11 is 0. The van der Waals surface area contributed by atoms with Crippen molar-refractivity contribution in [2.45, 2.75) is 51.5 Å². The van der Waals surface area contributed by atoms with E-state index in [2.05, 4.69) is 49.4 Å². The second kappa shape index (κ2) is 17.8. The molecule has 0 radical (unpaired) electrons. The number of benzene rings is 4. The van der Waals surface area contributed by atoms with E-state index in [-0.39, 0.29) is 31.1 Å². The third-order valence-electron chi connectivity index (χ3n) is 8.15. The molecule has 10 nitrogen and oxygen atoms in total. The molecule has 0 spiro atoms. The van der Waals surface area contributed by atoms with E-state index < -0.39 is 6.04 Å². The van der Waals surface area contributed by atoms with Crippen LogP contribution in [0.1, 0.15) is 58.7 Å². The quantitative estimate of drug-likeness (QED) is 0.0753. The fourth-order valence-corrected chi connectivity index (χ4v) is 5.62. The van der Waals surface area contributed by atoms with Gasteiger partial charge in [-0.05, 0) is 66.4 Å². The highest BCUT2D eigenvalue weighted by Crippen LogP contribution is 2.24. The van der Waals surface area contributed by atoms with Gasteiger partial charge in [-0.2, -0.15) is 0 Å². The molecule has 2 amide bonds. The summed E-state index contributed by atoms with van der Waals surface area (Å²) < 4.78 is 5.64. The van der Waals surface area contributed by atoms with Gasteiger partial charge in [0.25, 0.3) is 5.91 Å². The largest absolute Gasteiger partial charge is 0.491 e. The van der Waals surface area contributed by atoms with Gasteiger partial charge in [0.05, 0.1) is 19.2 Å². The maximum atomic E-state index is 13.7. The Bertz CT molecular complexity index is 1740. The second-order valence-electron chi connectivity index (χ2n) is 11.7. The van der Waals surface area contributed by atoms with Crippen molar-refractivity contribution in [3.63, 3.8) is 0 Å². The van der Waals surface area contributed by atoms with Crippen molar-refractivity contribution in [1.82, 2.24) is 31.2 Å². The van der Waals surface area contributed by atoms with E-state index in [1.165, 1.54) is 0 Å². The lowest BCUT2D eigenvalue weighted by atomic mass is 9.99. The van der Waals surface area contributed by atoms with Crippen LogP contribution in [-0.4, -0.2) is 52.7 Å². The zero-order valence-electron chi connectivity index (χ0n) is 27.2. The number of rotatable bonds is 18. The Labute approximate surface area is 281 Å². The number of nitrogens with one attached hydrogen (secondary N) is 5. The molecular formula is C38H44N6O4. The SMILES string of the molecule is C[C@H](NC(=O)[C@H](CCCNCc1ccccc1OCCO)NC(=O)c1ccc(CNCc2ncc[nH]2)cc1)c1cccc2ccccc12. The molecule has 0 unspecified atom stereocenters. The van der Waals surface area contributed by atoms with Gasteiger partial charge in [0.1, 0.15) is 24.2 Å². The fraction of sp³-hybridized carbons (Fsp3) is 0.289. The molecule has 2 atom stereocenters. The zero-order valence-corrected chi connectivity index (χ0v) is 27.2. The lowest BCUT2D eigenvalue weighted by molar-refractivity contribution is -0.123. The number of hydrogen-bond donors (Lipinski definition) is 6. The summed E-state index contributed by atoms with van der Waals surface area (Å²) in [5.74, 6) is 1.05. The number of fused-ring (bicyclic) bond motifs is 1. The first-order valence-corrected chi connectivity index (χ1v) is 16.4. The average molecular weight is 649 g/mol. The number of H-pyrrole nitrogens is 1. The van der Waals surface area contributed by atoms with Gasteiger partial charge < -0.3 is 36.1 Å². The fourth-order valence-electron chi connectivity index (χ4n) is 5.62. The molecule has 0 fully saturated rings. The van der Waals surface area contributed by atoms with Gasteiger partial charge in [-0.1, -0.05) is 72.8 Å². The number of amides is 2. The Morgan fingerprint density at radius 3 is 2.48 bits per heavy atom. The van der Waals surface area contributed by atoms with Crippen molar-refractivity contribution in [2.24, 2.45) is 0 Å². The van der Waals surface area contributed by atoms with Gasteiger partial charge in [-0.3, -0.25) is 9.59 Å². The number of aliphatic hydroxyl groups excluding tert-OH is 1. The number of aromatic amines is 1. The molecule has 6 N–H and O–H groups in total. The Kier molecular flexibility index (Phi) is 12.7. The van der Waals surface area contributed by atoms with Gasteiger partial charge in [-0.15, -0.1) is 0 Å². The van der Waals surface area contributed by atoms with E-state index in [0.29, 0.717) is 44.6 Å². The first-order valence-electron chi connectivity index (χ1n) is 16.4. The number of hydrogen-bond acceptors (Lipinski definition) is 7. The monoisotopic (exact) mass is 648 g/mol. The first-order chi connectivity index (χ1) is 23.5. The van der Waals surface area contributed by atoms with Crippen LogP contribution in [0, 0.1) is 0 Å². The molecule has 0 aliphatic carbocycles. The van der Waals surface area contributed by atoms with Gasteiger partial charge in [-0.25, -0.2) is 4.98 Å². The summed E-state index contributed by atoms with van der Waals surface area (Å²) in [5, 5.41) is 24.2. The Morgan fingerprint density at radius 1 is 0.875 bits per heavy atom. The summed E-state index contributed by atoms with van der Waals surface area (Å²) in [6, 6.07) is 28.3. The number of aromatic nitrogens is 2. The molecule has 0 aliphatic heterocycles. The summed E-state index contributed by atoms with van der Waals surface area (Å²) in [6.45, 7) is 4.60. The molecule has 5 aromatic rings. The van der Waals surface area contributed by atoms with Crippen molar-refractivity contribution in [3.05, 3.63) is 131 Å². The van der Waals surface area contributed by atoms with Gasteiger partial charge in [0.2, 0.25) is 5.91 Å². The molecule has 0 saturated carbocycles. The summed E-state index contributed by atoms with van der Waals surface area (Å²) in [7, 11) is 0. The van der Waals surface area contributed by atoms with Crippen LogP contribution in [-0.2, 0) is 24.4 Å². The smallest absolute Gasteiger partial charge is 0.251 e. The molecule has 48 heavy (non-hydrogen) atoms. The molecule has 0 bridgehead atoms. The van der Waals surface area contributed by atoms with Crippen molar-refractivity contribution >= 4 is 22.6 Å². The maximum absolute atomic E-state index is 13.7. The average Bonchev–Trinajstić information content (AvgIpc) is 3.64. The van der Waals surface area contributed by atoms with Crippen molar-refractivity contribution in [3.8, 4) is 5.75 Å². The van der Waals surface area contributed by atoms with Gasteiger partial charge in [0, 0.05) is 36.6 Å². The van der Waals surface area contributed by atoms with Crippen molar-refractivity contribution in [2.75, 3.05) is 19.8 Å². The summed E-state index contributed by atoms with van der Waals surface area (Å²) in [6.07, 6.45) is 4.61. The minimum atomic E-state index is -0.730. The molecule has 1 aromatic heterocycles. The molecule has 0 saturated heterocycles.